The van der Waals surface area contributed by atoms with E-state index in [-0.39, 0.29) is 24.6 Å². The highest BCUT2D eigenvalue weighted by molar-refractivity contribution is 7.89. The average molecular weight is 443 g/mol. The zero-order valence-corrected chi connectivity index (χ0v) is 17.3. The predicted octanol–water partition coefficient (Wildman–Crippen LogP) is 3.72. The lowest BCUT2D eigenvalue weighted by atomic mass is 9.75. The minimum Gasteiger partial charge on any atom is -0.497 e. The number of piperidine rings is 1. The number of aliphatic hydroxyl groups is 1. The summed E-state index contributed by atoms with van der Waals surface area (Å²) in [4.78, 5) is -0.371. The van der Waals surface area contributed by atoms with Gasteiger partial charge in [-0.3, -0.25) is 0 Å². The summed E-state index contributed by atoms with van der Waals surface area (Å²) < 4.78 is 71.0. The lowest BCUT2D eigenvalue weighted by molar-refractivity contribution is -0.137. The van der Waals surface area contributed by atoms with E-state index in [1.807, 2.05) is 24.3 Å². The Morgan fingerprint density at radius 2 is 1.73 bits per heavy atom. The summed E-state index contributed by atoms with van der Waals surface area (Å²) in [6, 6.07) is 11.3. The van der Waals surface area contributed by atoms with Gasteiger partial charge in [-0.2, -0.15) is 17.5 Å². The summed E-state index contributed by atoms with van der Waals surface area (Å²) in [6.45, 7) is 0.168. The quantitative estimate of drug-likeness (QED) is 0.739. The number of nitrogens with zero attached hydrogens (tertiary/aromatic N) is 1. The molecule has 0 atom stereocenters. The fourth-order valence-electron chi connectivity index (χ4n) is 3.75. The van der Waals surface area contributed by atoms with Gasteiger partial charge >= 0.3 is 6.18 Å². The highest BCUT2D eigenvalue weighted by atomic mass is 32.2. The highest BCUT2D eigenvalue weighted by Crippen LogP contribution is 2.37. The van der Waals surface area contributed by atoms with E-state index in [4.69, 9.17) is 4.74 Å². The summed E-state index contributed by atoms with van der Waals surface area (Å²) in [5.41, 5.74) is -0.474. The number of hydrogen-bond acceptors (Lipinski definition) is 4. The lowest BCUT2D eigenvalue weighted by Gasteiger charge is -2.40. The van der Waals surface area contributed by atoms with Gasteiger partial charge in [0.25, 0.3) is 0 Å². The molecule has 1 N–H and O–H groups in total. The van der Waals surface area contributed by atoms with Crippen LogP contribution in [0.4, 0.5) is 13.2 Å². The van der Waals surface area contributed by atoms with Crippen molar-refractivity contribution in [2.75, 3.05) is 26.8 Å². The van der Waals surface area contributed by atoms with Gasteiger partial charge in [-0.25, -0.2) is 8.42 Å². The van der Waals surface area contributed by atoms with Gasteiger partial charge in [-0.05, 0) is 60.6 Å². The number of sulfonamides is 1. The van der Waals surface area contributed by atoms with Crippen LogP contribution in [0.15, 0.2) is 53.4 Å². The molecule has 0 unspecified atom stereocenters. The molecule has 2 aromatic carbocycles. The monoisotopic (exact) mass is 443 g/mol. The van der Waals surface area contributed by atoms with E-state index < -0.39 is 27.2 Å². The van der Waals surface area contributed by atoms with Gasteiger partial charge in [0.2, 0.25) is 10.0 Å². The molecule has 1 aliphatic heterocycles. The maximum atomic E-state index is 13.0. The number of ether oxygens (including phenoxy) is 1. The van der Waals surface area contributed by atoms with Crippen LogP contribution in [0.2, 0.25) is 0 Å². The molecule has 164 valence electrons. The van der Waals surface area contributed by atoms with E-state index in [0.29, 0.717) is 25.3 Å². The number of hydrogen-bond donors (Lipinski definition) is 1. The Labute approximate surface area is 174 Å². The van der Waals surface area contributed by atoms with Crippen molar-refractivity contribution in [2.24, 2.45) is 5.41 Å². The second-order valence-corrected chi connectivity index (χ2v) is 9.55. The van der Waals surface area contributed by atoms with Crippen LogP contribution in [0.3, 0.4) is 0 Å². The molecule has 1 saturated heterocycles. The first-order valence-electron chi connectivity index (χ1n) is 9.51. The lowest BCUT2D eigenvalue weighted by Crippen LogP contribution is -2.45. The Bertz CT molecular complexity index is 966. The van der Waals surface area contributed by atoms with Crippen molar-refractivity contribution in [3.8, 4) is 5.75 Å². The van der Waals surface area contributed by atoms with Gasteiger partial charge in [-0.15, -0.1) is 0 Å². The van der Waals surface area contributed by atoms with Crippen molar-refractivity contribution < 1.29 is 31.4 Å². The molecule has 2 aromatic rings. The molecule has 5 nitrogen and oxygen atoms in total. The Morgan fingerprint density at radius 3 is 2.27 bits per heavy atom. The number of benzene rings is 2. The zero-order valence-electron chi connectivity index (χ0n) is 16.5. The minimum atomic E-state index is -4.61. The van der Waals surface area contributed by atoms with Crippen molar-refractivity contribution in [1.29, 1.82) is 0 Å². The smallest absolute Gasteiger partial charge is 0.416 e. The Balaban J connectivity index is 1.74. The van der Waals surface area contributed by atoms with Crippen LogP contribution in [-0.4, -0.2) is 44.6 Å². The third kappa shape index (κ3) is 4.79. The number of alkyl halides is 3. The fraction of sp³-hybridized carbons (Fsp3) is 0.429. The third-order valence-electron chi connectivity index (χ3n) is 5.66. The second-order valence-electron chi connectivity index (χ2n) is 7.61. The fourth-order valence-corrected chi connectivity index (χ4v) is 5.24. The van der Waals surface area contributed by atoms with Gasteiger partial charge in [-0.1, -0.05) is 18.2 Å². The van der Waals surface area contributed by atoms with Gasteiger partial charge in [0.1, 0.15) is 5.75 Å². The first-order chi connectivity index (χ1) is 14.1. The highest BCUT2D eigenvalue weighted by Gasteiger charge is 2.39. The minimum absolute atomic E-state index is 0.101. The molecule has 0 aliphatic carbocycles. The summed E-state index contributed by atoms with van der Waals surface area (Å²) in [6.07, 6.45) is -3.22. The molecule has 1 aliphatic rings. The van der Waals surface area contributed by atoms with Crippen molar-refractivity contribution in [2.45, 2.75) is 30.3 Å². The maximum Gasteiger partial charge on any atom is 0.416 e. The Kier molecular flexibility index (Phi) is 6.45. The van der Waals surface area contributed by atoms with E-state index >= 15 is 0 Å². The molecule has 0 saturated carbocycles. The maximum absolute atomic E-state index is 13.0. The van der Waals surface area contributed by atoms with Crippen molar-refractivity contribution in [3.63, 3.8) is 0 Å². The largest absolute Gasteiger partial charge is 0.497 e. The molecule has 30 heavy (non-hydrogen) atoms. The molecule has 3 rings (SSSR count). The number of methoxy groups -OCH3 is 1. The summed E-state index contributed by atoms with van der Waals surface area (Å²) in [7, 11) is -2.48. The first kappa shape index (κ1) is 22.6. The van der Waals surface area contributed by atoms with Gasteiger partial charge in [0.05, 0.1) is 17.6 Å². The zero-order chi connectivity index (χ0) is 22.0. The Morgan fingerprint density at radius 1 is 1.10 bits per heavy atom. The summed E-state index contributed by atoms with van der Waals surface area (Å²) in [5.74, 6) is 0.721. The molecule has 1 heterocycles. The van der Waals surface area contributed by atoms with E-state index in [0.717, 1.165) is 23.4 Å². The normalized spacial score (nSPS) is 17.6. The van der Waals surface area contributed by atoms with Gasteiger partial charge < -0.3 is 9.84 Å². The predicted molar refractivity (Wildman–Crippen MR) is 106 cm³/mol. The van der Waals surface area contributed by atoms with Gasteiger partial charge in [0, 0.05) is 19.7 Å². The molecule has 0 spiro atoms. The molecule has 9 heteroatoms. The second kappa shape index (κ2) is 8.56. The van der Waals surface area contributed by atoms with Crippen molar-refractivity contribution in [1.82, 2.24) is 4.31 Å². The van der Waals surface area contributed by atoms with E-state index in [1.54, 1.807) is 7.11 Å². The summed E-state index contributed by atoms with van der Waals surface area (Å²) >= 11 is 0. The molecule has 0 aromatic heterocycles. The number of aliphatic hydroxyl groups excluding tert-OH is 1. The van der Waals surface area contributed by atoms with E-state index in [2.05, 4.69) is 0 Å². The van der Waals surface area contributed by atoms with Crippen LogP contribution >= 0.6 is 0 Å². The van der Waals surface area contributed by atoms with Crippen molar-refractivity contribution in [3.05, 3.63) is 59.7 Å². The van der Waals surface area contributed by atoms with E-state index in [9.17, 15) is 26.7 Å². The van der Waals surface area contributed by atoms with E-state index in [1.165, 1.54) is 10.4 Å². The topological polar surface area (TPSA) is 66.8 Å². The first-order valence-corrected chi connectivity index (χ1v) is 10.9. The average Bonchev–Trinajstić information content (AvgIpc) is 2.74. The molecular formula is C21H24F3NO4S. The van der Waals surface area contributed by atoms with Crippen LogP contribution in [0, 0.1) is 5.41 Å². The SMILES string of the molecule is COc1ccc(CC2(CO)CCN(S(=O)(=O)c3cccc(C(F)(F)F)c3)CC2)cc1. The standard InChI is InChI=1S/C21H24F3NO4S/c1-29-18-7-5-16(6-8-18)14-20(15-26)9-11-25(12-10-20)30(27,28)19-4-2-3-17(13-19)21(22,23)24/h2-8,13,26H,9-12,14-15H2,1H3. The van der Waals surface area contributed by atoms with Crippen LogP contribution in [-0.2, 0) is 22.6 Å². The van der Waals surface area contributed by atoms with Gasteiger partial charge in [0.15, 0.2) is 0 Å². The Hall–Kier alpha value is -2.10. The van der Waals surface area contributed by atoms with Crippen LogP contribution in [0.1, 0.15) is 24.0 Å². The number of halogens is 3. The van der Waals surface area contributed by atoms with Crippen molar-refractivity contribution >= 4 is 10.0 Å². The van der Waals surface area contributed by atoms with Crippen LogP contribution in [0.25, 0.3) is 0 Å². The molecular weight excluding hydrogens is 419 g/mol. The molecule has 0 radical (unpaired) electrons. The van der Waals surface area contributed by atoms with Crippen LogP contribution < -0.4 is 4.74 Å². The summed E-state index contributed by atoms with van der Waals surface area (Å²) in [5, 5.41) is 10.0. The molecule has 1 fully saturated rings. The third-order valence-corrected chi connectivity index (χ3v) is 7.55. The van der Waals surface area contributed by atoms with Crippen LogP contribution in [0.5, 0.6) is 5.75 Å². The molecule has 0 bridgehead atoms. The molecule has 0 amide bonds. The number of rotatable bonds is 6.